The van der Waals surface area contributed by atoms with E-state index in [2.05, 4.69) is 26.0 Å². The van der Waals surface area contributed by atoms with Gasteiger partial charge in [0.2, 0.25) is 5.78 Å². The van der Waals surface area contributed by atoms with Gasteiger partial charge in [-0.15, -0.1) is 0 Å². The number of ketones is 2. The van der Waals surface area contributed by atoms with Gasteiger partial charge >= 0.3 is 0 Å². The van der Waals surface area contributed by atoms with E-state index in [9.17, 15) is 19.8 Å². The molecule has 2 N–H and O–H groups in total. The van der Waals surface area contributed by atoms with Crippen LogP contribution in [0.3, 0.4) is 0 Å². The van der Waals surface area contributed by atoms with Crippen molar-refractivity contribution >= 4 is 11.6 Å². The first kappa shape index (κ1) is 20.9. The summed E-state index contributed by atoms with van der Waals surface area (Å²) < 4.78 is 0. The maximum atomic E-state index is 13.7. The number of phenols is 2. The van der Waals surface area contributed by atoms with Crippen molar-refractivity contribution in [3.05, 3.63) is 94.0 Å². The van der Waals surface area contributed by atoms with E-state index in [1.807, 2.05) is 19.1 Å². The molecule has 1 aliphatic carbocycles. The van der Waals surface area contributed by atoms with Gasteiger partial charge in [0.25, 0.3) is 0 Å². The molecule has 0 saturated carbocycles. The molecule has 0 amide bonds. The lowest BCUT2D eigenvalue weighted by Crippen LogP contribution is -2.28. The summed E-state index contributed by atoms with van der Waals surface area (Å²) in [5, 5.41) is 20.8. The van der Waals surface area contributed by atoms with Crippen LogP contribution >= 0.6 is 0 Å². The number of benzene rings is 3. The molecule has 4 rings (SSSR count). The van der Waals surface area contributed by atoms with E-state index in [-0.39, 0.29) is 28.4 Å². The van der Waals surface area contributed by atoms with E-state index >= 15 is 0 Å². The van der Waals surface area contributed by atoms with Gasteiger partial charge in [0.15, 0.2) is 5.78 Å². The van der Waals surface area contributed by atoms with Crippen molar-refractivity contribution in [1.29, 1.82) is 0 Å². The number of carbonyl (C=O) groups is 2. The number of carbonyl (C=O) groups excluding carboxylic acids is 2. The van der Waals surface area contributed by atoms with Gasteiger partial charge in [0.1, 0.15) is 11.5 Å². The lowest BCUT2D eigenvalue weighted by atomic mass is 9.72. The Labute approximate surface area is 182 Å². The molecule has 4 nitrogen and oxygen atoms in total. The van der Waals surface area contributed by atoms with Crippen molar-refractivity contribution in [2.24, 2.45) is 5.92 Å². The summed E-state index contributed by atoms with van der Waals surface area (Å²) in [6.45, 7) is 6.20. The molecule has 3 aromatic rings. The van der Waals surface area contributed by atoms with Crippen LogP contribution in [0.2, 0.25) is 0 Å². The Morgan fingerprint density at radius 2 is 1.35 bits per heavy atom. The van der Waals surface area contributed by atoms with E-state index in [0.29, 0.717) is 17.0 Å². The zero-order chi connectivity index (χ0) is 22.3. The largest absolute Gasteiger partial charge is 0.507 e. The van der Waals surface area contributed by atoms with Crippen molar-refractivity contribution in [1.82, 2.24) is 0 Å². The molecule has 31 heavy (non-hydrogen) atoms. The van der Waals surface area contributed by atoms with Crippen molar-refractivity contribution in [2.45, 2.75) is 39.0 Å². The number of hydrogen-bond donors (Lipinski definition) is 2. The molecule has 0 radical (unpaired) electrons. The summed E-state index contributed by atoms with van der Waals surface area (Å²) in [4.78, 5) is 26.8. The van der Waals surface area contributed by atoms with Gasteiger partial charge in [-0.2, -0.15) is 0 Å². The quantitative estimate of drug-likeness (QED) is 0.591. The number of fused-ring (bicyclic) bond motifs is 2. The van der Waals surface area contributed by atoms with Crippen molar-refractivity contribution in [2.75, 3.05) is 0 Å². The Kier molecular flexibility index (Phi) is 5.40. The van der Waals surface area contributed by atoms with Gasteiger partial charge in [-0.05, 0) is 46.7 Å². The minimum absolute atomic E-state index is 0.0807. The summed E-state index contributed by atoms with van der Waals surface area (Å²) >= 11 is 0. The highest BCUT2D eigenvalue weighted by atomic mass is 16.3. The minimum Gasteiger partial charge on any atom is -0.507 e. The summed E-state index contributed by atoms with van der Waals surface area (Å²) in [7, 11) is 0. The zero-order valence-electron chi connectivity index (χ0n) is 17.9. The first-order chi connectivity index (χ1) is 14.8. The molecule has 0 spiro atoms. The molecule has 0 heterocycles. The van der Waals surface area contributed by atoms with Crippen LogP contribution in [0.1, 0.15) is 70.8 Å². The molecular weight excluding hydrogens is 388 g/mol. The molecule has 0 aromatic heterocycles. The third-order valence-corrected chi connectivity index (χ3v) is 6.06. The van der Waals surface area contributed by atoms with E-state index in [1.54, 1.807) is 24.3 Å². The molecule has 1 aliphatic rings. The average molecular weight is 415 g/mol. The molecule has 158 valence electrons. The van der Waals surface area contributed by atoms with E-state index in [1.165, 1.54) is 17.7 Å². The van der Waals surface area contributed by atoms with Gasteiger partial charge in [-0.25, -0.2) is 0 Å². The van der Waals surface area contributed by atoms with Gasteiger partial charge < -0.3 is 10.2 Å². The zero-order valence-corrected chi connectivity index (χ0v) is 17.9. The number of rotatable bonds is 5. The molecular formula is C27H26O4. The summed E-state index contributed by atoms with van der Waals surface area (Å²) in [5.74, 6) is -1.51. The van der Waals surface area contributed by atoms with Crippen molar-refractivity contribution < 1.29 is 19.8 Å². The van der Waals surface area contributed by atoms with E-state index in [0.717, 1.165) is 12.0 Å². The lowest BCUT2D eigenvalue weighted by molar-refractivity contribution is -0.120. The molecule has 0 aliphatic heterocycles. The second-order valence-corrected chi connectivity index (χ2v) is 8.71. The van der Waals surface area contributed by atoms with Crippen LogP contribution < -0.4 is 0 Å². The summed E-state index contributed by atoms with van der Waals surface area (Å²) in [6.07, 6.45) is 0.979. The number of phenolic OH excluding ortho intramolecular Hbond substituents is 2. The van der Waals surface area contributed by atoms with Gasteiger partial charge in [-0.1, -0.05) is 69.3 Å². The van der Waals surface area contributed by atoms with Crippen LogP contribution in [0.4, 0.5) is 0 Å². The Bertz CT molecular complexity index is 1100. The van der Waals surface area contributed by atoms with Gasteiger partial charge in [0.05, 0.1) is 17.0 Å². The standard InChI is InChI=1S/C27H26O4/c1-15(2)14-17-10-12-18(13-11-17)16(3)26(30)23-19-6-4-8-21(28)24(19)27(31)25-20(23)7-5-9-22(25)29/h4-13,15-16,23,28-29H,14H2,1-3H3. The number of Topliss-reactive ketones (excluding diaryl/α,β-unsaturated/α-hetero) is 1. The average Bonchev–Trinajstić information content (AvgIpc) is 2.73. The molecule has 4 heteroatoms. The van der Waals surface area contributed by atoms with Crippen LogP contribution in [-0.2, 0) is 11.2 Å². The Hall–Kier alpha value is -3.40. The first-order valence-electron chi connectivity index (χ1n) is 10.6. The van der Waals surface area contributed by atoms with Crippen LogP contribution in [0.25, 0.3) is 0 Å². The van der Waals surface area contributed by atoms with Crippen LogP contribution in [0.5, 0.6) is 11.5 Å². The highest BCUT2D eigenvalue weighted by Crippen LogP contribution is 2.45. The SMILES string of the molecule is CC(C)Cc1ccc(C(C)C(=O)C2c3cccc(O)c3C(=O)c3c(O)cccc32)cc1. The molecule has 0 bridgehead atoms. The second-order valence-electron chi connectivity index (χ2n) is 8.71. The fourth-order valence-corrected chi connectivity index (χ4v) is 4.52. The monoisotopic (exact) mass is 414 g/mol. The highest BCUT2D eigenvalue weighted by Gasteiger charge is 2.39. The molecule has 3 aromatic carbocycles. The van der Waals surface area contributed by atoms with Crippen molar-refractivity contribution in [3.63, 3.8) is 0 Å². The minimum atomic E-state index is -0.743. The molecule has 1 atom stereocenters. The maximum absolute atomic E-state index is 13.7. The van der Waals surface area contributed by atoms with Crippen molar-refractivity contribution in [3.8, 4) is 11.5 Å². The third-order valence-electron chi connectivity index (χ3n) is 6.06. The molecule has 1 unspecified atom stereocenters. The third kappa shape index (κ3) is 3.63. The maximum Gasteiger partial charge on any atom is 0.201 e. The fraction of sp³-hybridized carbons (Fsp3) is 0.259. The van der Waals surface area contributed by atoms with Gasteiger partial charge in [0, 0.05) is 5.92 Å². The normalized spacial score (nSPS) is 14.3. The topological polar surface area (TPSA) is 74.6 Å². The second kappa shape index (κ2) is 8.03. The highest BCUT2D eigenvalue weighted by molar-refractivity contribution is 6.18. The smallest absolute Gasteiger partial charge is 0.201 e. The Balaban J connectivity index is 1.78. The molecule has 0 fully saturated rings. The van der Waals surface area contributed by atoms with Crippen LogP contribution in [0, 0.1) is 5.92 Å². The van der Waals surface area contributed by atoms with E-state index in [4.69, 9.17) is 0 Å². The summed E-state index contributed by atoms with van der Waals surface area (Å²) in [6, 6.07) is 17.7. The van der Waals surface area contributed by atoms with Crippen LogP contribution in [0.15, 0.2) is 60.7 Å². The lowest BCUT2D eigenvalue weighted by Gasteiger charge is -2.29. The summed E-state index contributed by atoms with van der Waals surface area (Å²) in [5.41, 5.74) is 3.28. The molecule has 0 saturated heterocycles. The fourth-order valence-electron chi connectivity index (χ4n) is 4.52. The van der Waals surface area contributed by atoms with E-state index < -0.39 is 17.6 Å². The predicted molar refractivity (Wildman–Crippen MR) is 120 cm³/mol. The Morgan fingerprint density at radius 3 is 1.84 bits per heavy atom. The number of hydrogen-bond acceptors (Lipinski definition) is 4. The first-order valence-corrected chi connectivity index (χ1v) is 10.6. The van der Waals surface area contributed by atoms with Crippen LogP contribution in [-0.4, -0.2) is 21.8 Å². The van der Waals surface area contributed by atoms with Gasteiger partial charge in [-0.3, -0.25) is 9.59 Å². The Morgan fingerprint density at radius 1 is 0.839 bits per heavy atom. The predicted octanol–water partition coefficient (Wildman–Crippen LogP) is 5.35. The number of aromatic hydroxyl groups is 2.